The van der Waals surface area contributed by atoms with Crippen LogP contribution in [0.3, 0.4) is 0 Å². The van der Waals surface area contributed by atoms with Gasteiger partial charge in [0.15, 0.2) is 0 Å². The van der Waals surface area contributed by atoms with Gasteiger partial charge in [0, 0.05) is 12.2 Å². The lowest BCUT2D eigenvalue weighted by molar-refractivity contribution is -0.156. The summed E-state index contributed by atoms with van der Waals surface area (Å²) in [6.07, 6.45) is -0.107. The average molecular weight is 665 g/mol. The maximum absolute atomic E-state index is 16.9. The number of carboxylic acids is 2. The zero-order chi connectivity index (χ0) is 33.6. The number of hydrogen-bond donors (Lipinski definition) is 5. The monoisotopic (exact) mass is 664 g/mol. The van der Waals surface area contributed by atoms with Crippen molar-refractivity contribution in [3.05, 3.63) is 44.2 Å². The summed E-state index contributed by atoms with van der Waals surface area (Å²) < 4.78 is 39.1. The van der Waals surface area contributed by atoms with E-state index in [2.05, 4.69) is 5.32 Å². The van der Waals surface area contributed by atoms with Crippen molar-refractivity contribution in [2.24, 2.45) is 5.92 Å². The molecular weight excluding hydrogens is 632 g/mol. The summed E-state index contributed by atoms with van der Waals surface area (Å²) in [6.45, 7) is 3.70. The van der Waals surface area contributed by atoms with Crippen molar-refractivity contribution in [3.63, 3.8) is 0 Å². The molecule has 0 spiro atoms. The van der Waals surface area contributed by atoms with Gasteiger partial charge in [-0.05, 0) is 33.6 Å². The molecule has 2 aromatic rings. The molecule has 46 heavy (non-hydrogen) atoms. The molecule has 1 saturated carbocycles. The molecular formula is C29H32F2N5O9S+. The first kappa shape index (κ1) is 31.9. The number of aliphatic hydroxyl groups excluding tert-OH is 1. The van der Waals surface area contributed by atoms with Gasteiger partial charge >= 0.3 is 18.0 Å². The second-order valence-electron chi connectivity index (χ2n) is 12.3. The van der Waals surface area contributed by atoms with Crippen LogP contribution < -0.4 is 21.0 Å². The van der Waals surface area contributed by atoms with E-state index in [-0.39, 0.29) is 24.0 Å². The molecule has 1 aromatic heterocycles. The SMILES string of the molecule is CC1C[N+](C(=O)OCC2=C(C(=O)O)N3C(=O)[C@@H]([C@@H](C)O)[C@H]3S2)(c2c(F)c(N)c3c(=O)c(C(=O)O)cn(C4CC4)c3c2F)CC(C)N1. The quantitative estimate of drug-likeness (QED) is 0.164. The van der Waals surface area contributed by atoms with Crippen LogP contribution in [0.4, 0.5) is 25.0 Å². The molecule has 1 aromatic carbocycles. The van der Waals surface area contributed by atoms with E-state index in [1.807, 2.05) is 0 Å². The molecule has 3 fully saturated rings. The number of β-lactam (4-membered cyclic amide) rings is 1. The van der Waals surface area contributed by atoms with Gasteiger partial charge in [0.2, 0.25) is 28.7 Å². The Bertz CT molecular complexity index is 1810. The first-order chi connectivity index (χ1) is 21.6. The second kappa shape index (κ2) is 11.0. The highest BCUT2D eigenvalue weighted by atomic mass is 32.2. The first-order valence-corrected chi connectivity index (χ1v) is 15.5. The maximum Gasteiger partial charge on any atom is 0.521 e. The van der Waals surface area contributed by atoms with Crippen molar-refractivity contribution >= 4 is 58.0 Å². The van der Waals surface area contributed by atoms with Crippen molar-refractivity contribution in [2.75, 3.05) is 25.4 Å². The van der Waals surface area contributed by atoms with Crippen LogP contribution in [0.25, 0.3) is 10.9 Å². The molecule has 5 atom stereocenters. The van der Waals surface area contributed by atoms with E-state index >= 15 is 8.78 Å². The van der Waals surface area contributed by atoms with Gasteiger partial charge < -0.3 is 35.7 Å². The minimum atomic E-state index is -1.59. The number of pyridine rings is 1. The Morgan fingerprint density at radius 3 is 2.30 bits per heavy atom. The predicted molar refractivity (Wildman–Crippen MR) is 161 cm³/mol. The van der Waals surface area contributed by atoms with E-state index in [1.165, 1.54) is 11.5 Å². The van der Waals surface area contributed by atoms with Gasteiger partial charge in [-0.3, -0.25) is 14.5 Å². The van der Waals surface area contributed by atoms with Crippen LogP contribution in [0.5, 0.6) is 0 Å². The molecule has 17 heteroatoms. The van der Waals surface area contributed by atoms with Crippen LogP contribution in [0.2, 0.25) is 0 Å². The fourth-order valence-electron chi connectivity index (χ4n) is 6.95. The Morgan fingerprint density at radius 2 is 1.76 bits per heavy atom. The first-order valence-electron chi connectivity index (χ1n) is 14.6. The number of aliphatic hydroxyl groups is 1. The number of benzene rings is 1. The van der Waals surface area contributed by atoms with E-state index in [0.717, 1.165) is 22.9 Å². The van der Waals surface area contributed by atoms with Crippen molar-refractivity contribution in [1.82, 2.24) is 19.3 Å². The van der Waals surface area contributed by atoms with Crippen LogP contribution >= 0.6 is 11.8 Å². The van der Waals surface area contributed by atoms with Crippen molar-refractivity contribution in [3.8, 4) is 0 Å². The number of nitrogens with one attached hydrogen (secondary N) is 1. The van der Waals surface area contributed by atoms with Gasteiger partial charge in [-0.25, -0.2) is 9.59 Å². The number of hydrogen-bond acceptors (Lipinski definition) is 10. The van der Waals surface area contributed by atoms with Gasteiger partial charge in [-0.1, -0.05) is 11.8 Å². The summed E-state index contributed by atoms with van der Waals surface area (Å²) in [4.78, 5) is 64.9. The third-order valence-electron chi connectivity index (χ3n) is 8.95. The fraction of sp³-hybridized carbons (Fsp3) is 0.483. The van der Waals surface area contributed by atoms with Crippen molar-refractivity contribution < 1.29 is 48.0 Å². The molecule has 4 heterocycles. The van der Waals surface area contributed by atoms with Crippen LogP contribution in [0, 0.1) is 17.6 Å². The lowest BCUT2D eigenvalue weighted by Crippen LogP contribution is -2.69. The largest absolute Gasteiger partial charge is 0.521 e. The molecule has 4 aliphatic rings. The minimum Gasteiger partial charge on any atom is -0.477 e. The highest BCUT2D eigenvalue weighted by Crippen LogP contribution is 2.50. The number of fused-ring (bicyclic) bond motifs is 2. The normalized spacial score (nSPS) is 28.2. The van der Waals surface area contributed by atoms with Crippen LogP contribution in [-0.4, -0.2) is 92.0 Å². The number of amides is 2. The molecule has 2 unspecified atom stereocenters. The van der Waals surface area contributed by atoms with Crippen LogP contribution in [0.1, 0.15) is 50.0 Å². The van der Waals surface area contributed by atoms with Crippen LogP contribution in [-0.2, 0) is 14.3 Å². The standard InChI is InChI=1S/C29H31F2N5O9S/c1-10-7-36(8-11(2)33-10,29(44)45-9-15-21(28(42)43)35-25(39)16(12(3)37)26(35)46-15)23-18(30)20(32)17-22(19(23)31)34(13-4-5-13)6-14(24(17)38)27(40)41/h6,10-13,16,26,33,37H,4-5,7-9H2,1-3H3,(H3-,32,38,40,41,42,43)/p+1/t10?,11?,12-,16-,26-,36?/m1/s1. The molecule has 2 saturated heterocycles. The topological polar surface area (TPSA) is 201 Å². The van der Waals surface area contributed by atoms with E-state index in [0.29, 0.717) is 12.8 Å². The molecule has 3 aliphatic heterocycles. The average Bonchev–Trinajstić information content (AvgIpc) is 3.75. The molecule has 246 valence electrons. The second-order valence-corrected chi connectivity index (χ2v) is 13.6. The third-order valence-corrected chi connectivity index (χ3v) is 10.3. The van der Waals surface area contributed by atoms with Gasteiger partial charge in [0.25, 0.3) is 0 Å². The zero-order valence-corrected chi connectivity index (χ0v) is 25.8. The summed E-state index contributed by atoms with van der Waals surface area (Å²) in [5.41, 5.74) is 1.83. The number of nitrogens with two attached hydrogens (primary N) is 1. The number of halogens is 2. The number of piperazine rings is 1. The third kappa shape index (κ3) is 4.66. The lowest BCUT2D eigenvalue weighted by Gasteiger charge is -2.43. The number of aromatic carboxylic acids is 1. The zero-order valence-electron chi connectivity index (χ0n) is 25.0. The summed E-state index contributed by atoms with van der Waals surface area (Å²) >= 11 is 0.943. The van der Waals surface area contributed by atoms with Gasteiger partial charge in [0.05, 0.1) is 45.6 Å². The van der Waals surface area contributed by atoms with Crippen molar-refractivity contribution in [2.45, 2.75) is 63.2 Å². The van der Waals surface area contributed by atoms with E-state index < -0.39 is 115 Å². The molecule has 14 nitrogen and oxygen atoms in total. The number of aromatic nitrogens is 1. The van der Waals surface area contributed by atoms with Crippen molar-refractivity contribution in [1.29, 1.82) is 0 Å². The Hall–Kier alpha value is -4.06. The fourth-order valence-corrected chi connectivity index (χ4v) is 8.47. The van der Waals surface area contributed by atoms with Gasteiger partial charge in [-0.15, -0.1) is 0 Å². The number of nitrogens with zero attached hydrogens (tertiary/aromatic N) is 3. The molecule has 0 bridgehead atoms. The van der Waals surface area contributed by atoms with E-state index in [9.17, 15) is 39.3 Å². The number of aliphatic carboxylic acids is 1. The summed E-state index contributed by atoms with van der Waals surface area (Å²) in [7, 11) is 0. The smallest absolute Gasteiger partial charge is 0.477 e. The van der Waals surface area contributed by atoms with Gasteiger partial charge in [0.1, 0.15) is 36.3 Å². The van der Waals surface area contributed by atoms with Crippen LogP contribution in [0.15, 0.2) is 21.6 Å². The van der Waals surface area contributed by atoms with Gasteiger partial charge in [-0.2, -0.15) is 18.1 Å². The van der Waals surface area contributed by atoms with E-state index in [1.54, 1.807) is 13.8 Å². The number of rotatable bonds is 7. The predicted octanol–water partition coefficient (Wildman–Crippen LogP) is 1.93. The molecule has 6 rings (SSSR count). The number of quaternary nitrogens is 1. The summed E-state index contributed by atoms with van der Waals surface area (Å²) in [5, 5.41) is 31.3. The summed E-state index contributed by atoms with van der Waals surface area (Å²) in [5.74, 6) is -7.19. The molecule has 0 radical (unpaired) electrons. The lowest BCUT2D eigenvalue weighted by atomic mass is 9.92. The number of carboxylic acid groups (broad SMARTS) is 2. The number of nitrogen functional groups attached to an aromatic ring is 1. The number of anilines is 1. The Kier molecular flexibility index (Phi) is 7.65. The molecule has 2 amide bonds. The number of carbonyl (C=O) groups excluding carboxylic acids is 2. The molecule has 1 aliphatic carbocycles. The maximum atomic E-state index is 16.9. The minimum absolute atomic E-state index is 0.0134. The Balaban J connectivity index is 1.47. The van der Waals surface area contributed by atoms with E-state index in [4.69, 9.17) is 10.5 Å². The highest BCUT2D eigenvalue weighted by Gasteiger charge is 2.58. The number of carbonyl (C=O) groups is 4. The number of ether oxygens (including phenoxy) is 1. The molecule has 6 N–H and O–H groups in total. The number of thioether (sulfide) groups is 1. The Morgan fingerprint density at radius 1 is 1.13 bits per heavy atom. The summed E-state index contributed by atoms with van der Waals surface area (Å²) in [6, 6.07) is -1.37. The Labute approximate surface area is 264 Å². The highest BCUT2D eigenvalue weighted by molar-refractivity contribution is 8.04.